The number of nitrogens with one attached hydrogen (secondary N) is 1. The number of carbonyl (C=O) groups excluding carboxylic acids is 1. The summed E-state index contributed by atoms with van der Waals surface area (Å²) in [6, 6.07) is 1.01. The van der Waals surface area contributed by atoms with Gasteiger partial charge in [-0.3, -0.25) is 4.79 Å². The van der Waals surface area contributed by atoms with E-state index in [4.69, 9.17) is 4.98 Å². The Balaban J connectivity index is 1.21. The number of rotatable bonds is 3. The number of thiazole rings is 1. The highest BCUT2D eigenvalue weighted by molar-refractivity contribution is 7.13. The lowest BCUT2D eigenvalue weighted by atomic mass is 9.47. The van der Waals surface area contributed by atoms with Gasteiger partial charge in [-0.2, -0.15) is 0 Å². The third kappa shape index (κ3) is 3.43. The molecular formula is C28H41N3OS. The van der Waals surface area contributed by atoms with Crippen molar-refractivity contribution in [3.63, 3.8) is 0 Å². The number of hydrogen-bond donors (Lipinski definition) is 1. The van der Waals surface area contributed by atoms with Crippen LogP contribution in [0.3, 0.4) is 0 Å². The first kappa shape index (κ1) is 22.1. The first-order valence-corrected chi connectivity index (χ1v) is 14.5. The molecule has 2 heterocycles. The number of hydrogen-bond acceptors (Lipinski definition) is 4. The maximum absolute atomic E-state index is 12.3. The van der Waals surface area contributed by atoms with Crippen molar-refractivity contribution in [1.82, 2.24) is 9.88 Å². The summed E-state index contributed by atoms with van der Waals surface area (Å²) in [5.41, 5.74) is 1.88. The van der Waals surface area contributed by atoms with Crippen molar-refractivity contribution >= 4 is 22.4 Å². The van der Waals surface area contributed by atoms with Gasteiger partial charge in [-0.1, -0.05) is 39.2 Å². The SMILES string of the molecule is CN1C(=O)C=C[C@@]2(C)C1CC[C@@H]1[C@H]2CC[C@]2(C)C(c3csc(NC4CCCCC4)n3)CC[C@@H]12. The van der Waals surface area contributed by atoms with Gasteiger partial charge in [-0.15, -0.1) is 11.3 Å². The van der Waals surface area contributed by atoms with Gasteiger partial charge in [0.1, 0.15) is 0 Å². The number of aromatic nitrogens is 1. The van der Waals surface area contributed by atoms with Crippen LogP contribution in [0.5, 0.6) is 0 Å². The zero-order valence-electron chi connectivity index (χ0n) is 20.7. The number of fused-ring (bicyclic) bond motifs is 5. The maximum atomic E-state index is 12.3. The molecule has 4 saturated carbocycles. The Kier molecular flexibility index (Phi) is 5.43. The molecule has 5 aliphatic rings. The first-order chi connectivity index (χ1) is 15.9. The Hall–Kier alpha value is -1.36. The number of likely N-dealkylation sites (N-methyl/N-ethyl adjacent to an activating group) is 1. The molecule has 1 aromatic rings. The molecule has 1 aromatic heterocycles. The minimum absolute atomic E-state index is 0.142. The Bertz CT molecular complexity index is 935. The fourth-order valence-corrected chi connectivity index (χ4v) is 10.0. The summed E-state index contributed by atoms with van der Waals surface area (Å²) >= 11 is 1.84. The zero-order chi connectivity index (χ0) is 22.8. The monoisotopic (exact) mass is 467 g/mol. The van der Waals surface area contributed by atoms with Crippen molar-refractivity contribution < 1.29 is 4.79 Å². The number of carbonyl (C=O) groups is 1. The predicted molar refractivity (Wildman–Crippen MR) is 135 cm³/mol. The van der Waals surface area contributed by atoms with Crippen LogP contribution >= 0.6 is 11.3 Å². The van der Waals surface area contributed by atoms with Crippen molar-refractivity contribution in [3.8, 4) is 0 Å². The smallest absolute Gasteiger partial charge is 0.246 e. The number of anilines is 1. The summed E-state index contributed by atoms with van der Waals surface area (Å²) < 4.78 is 0. The van der Waals surface area contributed by atoms with Crippen molar-refractivity contribution in [1.29, 1.82) is 0 Å². The summed E-state index contributed by atoms with van der Waals surface area (Å²) in [6.45, 7) is 5.05. The molecule has 6 rings (SSSR count). The molecule has 4 nitrogen and oxygen atoms in total. The van der Waals surface area contributed by atoms with Crippen LogP contribution in [-0.4, -0.2) is 34.9 Å². The molecule has 180 valence electrons. The second kappa shape index (κ2) is 8.10. The summed E-state index contributed by atoms with van der Waals surface area (Å²) in [5, 5.41) is 7.30. The zero-order valence-corrected chi connectivity index (χ0v) is 21.5. The lowest BCUT2D eigenvalue weighted by molar-refractivity contribution is -0.138. The third-order valence-corrected chi connectivity index (χ3v) is 11.7. The Morgan fingerprint density at radius 3 is 2.67 bits per heavy atom. The minimum Gasteiger partial charge on any atom is -0.359 e. The Morgan fingerprint density at radius 2 is 1.85 bits per heavy atom. The van der Waals surface area contributed by atoms with Gasteiger partial charge in [0.25, 0.3) is 0 Å². The average molecular weight is 468 g/mol. The molecule has 0 aromatic carbocycles. The van der Waals surface area contributed by atoms with E-state index in [1.165, 1.54) is 69.9 Å². The predicted octanol–water partition coefficient (Wildman–Crippen LogP) is 6.61. The number of amides is 1. The second-order valence-electron chi connectivity index (χ2n) is 12.3. The fraction of sp³-hybridized carbons (Fsp3) is 0.786. The Labute approximate surface area is 203 Å². The minimum atomic E-state index is 0.142. The van der Waals surface area contributed by atoms with Crippen molar-refractivity contribution in [2.75, 3.05) is 12.4 Å². The maximum Gasteiger partial charge on any atom is 0.246 e. The molecule has 0 spiro atoms. The van der Waals surface area contributed by atoms with Gasteiger partial charge in [0, 0.05) is 35.8 Å². The standard InChI is InChI=1S/C28H41N3OS/c1-27-15-13-21-19(9-12-24-28(21,2)16-14-25(32)31(24)3)20(27)10-11-22(27)23-17-33-26(30-23)29-18-7-5-4-6-8-18/h14,16-22,24H,4-13,15H2,1-3H3,(H,29,30)/t19-,20-,21+,22?,24?,27-,28+/m0/s1. The van der Waals surface area contributed by atoms with Gasteiger partial charge in [-0.05, 0) is 80.6 Å². The van der Waals surface area contributed by atoms with Crippen LogP contribution in [0.4, 0.5) is 5.13 Å². The van der Waals surface area contributed by atoms with E-state index in [0.29, 0.717) is 29.3 Å². The van der Waals surface area contributed by atoms with Gasteiger partial charge in [0.2, 0.25) is 5.91 Å². The molecular weight excluding hydrogens is 426 g/mol. The molecule has 0 radical (unpaired) electrons. The van der Waals surface area contributed by atoms with Crippen LogP contribution in [0, 0.1) is 28.6 Å². The van der Waals surface area contributed by atoms with Crippen LogP contribution in [0.1, 0.15) is 96.1 Å². The first-order valence-electron chi connectivity index (χ1n) is 13.6. The van der Waals surface area contributed by atoms with Crippen molar-refractivity contribution in [2.45, 2.75) is 102 Å². The van der Waals surface area contributed by atoms with Gasteiger partial charge in [-0.25, -0.2) is 4.98 Å². The van der Waals surface area contributed by atoms with E-state index >= 15 is 0 Å². The van der Waals surface area contributed by atoms with Crippen LogP contribution in [0.15, 0.2) is 17.5 Å². The lowest BCUT2D eigenvalue weighted by Crippen LogP contribution is -2.59. The summed E-state index contributed by atoms with van der Waals surface area (Å²) in [7, 11) is 2.02. The molecule has 1 amide bonds. The molecule has 0 bridgehead atoms. The van der Waals surface area contributed by atoms with Crippen LogP contribution < -0.4 is 5.32 Å². The van der Waals surface area contributed by atoms with Crippen molar-refractivity contribution in [2.24, 2.45) is 28.6 Å². The van der Waals surface area contributed by atoms with Gasteiger partial charge < -0.3 is 10.2 Å². The molecule has 5 heteroatoms. The van der Waals surface area contributed by atoms with E-state index in [1.807, 2.05) is 29.4 Å². The molecule has 1 N–H and O–H groups in total. The van der Waals surface area contributed by atoms with Crippen LogP contribution in [0.2, 0.25) is 0 Å². The van der Waals surface area contributed by atoms with E-state index in [1.54, 1.807) is 0 Å². The topological polar surface area (TPSA) is 45.2 Å². The molecule has 2 unspecified atom stereocenters. The molecule has 33 heavy (non-hydrogen) atoms. The molecule has 4 aliphatic carbocycles. The average Bonchev–Trinajstić information content (AvgIpc) is 3.41. The van der Waals surface area contributed by atoms with Crippen LogP contribution in [-0.2, 0) is 4.79 Å². The van der Waals surface area contributed by atoms with E-state index in [-0.39, 0.29) is 11.3 Å². The normalized spacial score (nSPS) is 43.2. The lowest BCUT2D eigenvalue weighted by Gasteiger charge is -2.60. The number of nitrogens with zero attached hydrogens (tertiary/aromatic N) is 2. The molecule has 4 fully saturated rings. The highest BCUT2D eigenvalue weighted by Crippen LogP contribution is 2.67. The van der Waals surface area contributed by atoms with E-state index in [9.17, 15) is 4.79 Å². The highest BCUT2D eigenvalue weighted by atomic mass is 32.1. The molecule has 0 saturated heterocycles. The van der Waals surface area contributed by atoms with E-state index < -0.39 is 0 Å². The largest absolute Gasteiger partial charge is 0.359 e. The molecule has 1 aliphatic heterocycles. The summed E-state index contributed by atoms with van der Waals surface area (Å²) in [5.74, 6) is 3.10. The van der Waals surface area contributed by atoms with Gasteiger partial charge in [0.05, 0.1) is 5.69 Å². The summed E-state index contributed by atoms with van der Waals surface area (Å²) in [6.07, 6.45) is 18.6. The Morgan fingerprint density at radius 1 is 1.03 bits per heavy atom. The summed E-state index contributed by atoms with van der Waals surface area (Å²) in [4.78, 5) is 19.6. The van der Waals surface area contributed by atoms with Gasteiger partial charge in [0.15, 0.2) is 5.13 Å². The third-order valence-electron chi connectivity index (χ3n) is 10.9. The quantitative estimate of drug-likeness (QED) is 0.544. The molecule has 7 atom stereocenters. The van der Waals surface area contributed by atoms with E-state index in [2.05, 4.69) is 30.6 Å². The highest BCUT2D eigenvalue weighted by Gasteiger charge is 2.60. The van der Waals surface area contributed by atoms with E-state index in [0.717, 1.165) is 23.4 Å². The van der Waals surface area contributed by atoms with Crippen molar-refractivity contribution in [3.05, 3.63) is 23.2 Å². The van der Waals surface area contributed by atoms with Gasteiger partial charge >= 0.3 is 0 Å². The fourth-order valence-electron chi connectivity index (χ4n) is 9.16. The second-order valence-corrected chi connectivity index (χ2v) is 13.2. The van der Waals surface area contributed by atoms with Crippen LogP contribution in [0.25, 0.3) is 0 Å².